The molecule has 2 N–H and O–H groups in total. The molecule has 2 aromatic rings. The Kier molecular flexibility index (Phi) is 5.58. The topological polar surface area (TPSA) is 77.8 Å². The van der Waals surface area contributed by atoms with Crippen LogP contribution in [0.4, 0.5) is 11.4 Å². The number of halogens is 2. The summed E-state index contributed by atoms with van der Waals surface area (Å²) in [6.07, 6.45) is 2.81. The minimum absolute atomic E-state index is 0.110. The van der Waals surface area contributed by atoms with Crippen molar-refractivity contribution in [1.82, 2.24) is 4.98 Å². The number of carbonyl (C=O) groups is 1. The fraction of sp³-hybridized carbons (Fsp3) is 0.0625. The number of nitriles is 1. The van der Waals surface area contributed by atoms with Crippen molar-refractivity contribution in [2.45, 2.75) is 6.92 Å². The van der Waals surface area contributed by atoms with Gasteiger partial charge in [-0.2, -0.15) is 5.26 Å². The van der Waals surface area contributed by atoms with E-state index in [0.717, 1.165) is 5.56 Å². The first-order valence-corrected chi connectivity index (χ1v) is 7.31. The fourth-order valence-corrected chi connectivity index (χ4v) is 2.02. The van der Waals surface area contributed by atoms with Crippen LogP contribution in [-0.2, 0) is 4.79 Å². The summed E-state index contributed by atoms with van der Waals surface area (Å²) in [5.41, 5.74) is 1.79. The molecule has 0 aliphatic carbocycles. The van der Waals surface area contributed by atoms with Gasteiger partial charge in [-0.05, 0) is 36.8 Å². The zero-order valence-electron chi connectivity index (χ0n) is 12.1. The molecule has 5 nitrogen and oxygen atoms in total. The highest BCUT2D eigenvalue weighted by molar-refractivity contribution is 6.32. The number of hydrogen-bond donors (Lipinski definition) is 2. The second-order valence-electron chi connectivity index (χ2n) is 4.57. The van der Waals surface area contributed by atoms with Gasteiger partial charge in [-0.1, -0.05) is 29.3 Å². The molecule has 0 unspecified atom stereocenters. The Bertz CT molecular complexity index is 812. The molecule has 2 rings (SSSR count). The summed E-state index contributed by atoms with van der Waals surface area (Å²) in [7, 11) is 0. The maximum atomic E-state index is 12.1. The number of nitrogens with zero attached hydrogens (tertiary/aromatic N) is 2. The summed E-state index contributed by atoms with van der Waals surface area (Å²) in [4.78, 5) is 16.0. The van der Waals surface area contributed by atoms with Crippen LogP contribution >= 0.6 is 23.2 Å². The monoisotopic (exact) mass is 346 g/mol. The van der Waals surface area contributed by atoms with Gasteiger partial charge in [0.15, 0.2) is 5.15 Å². The highest BCUT2D eigenvalue weighted by Crippen LogP contribution is 2.21. The predicted octanol–water partition coefficient (Wildman–Crippen LogP) is 4.15. The lowest BCUT2D eigenvalue weighted by atomic mass is 10.2. The Morgan fingerprint density at radius 2 is 2.13 bits per heavy atom. The third-order valence-corrected chi connectivity index (χ3v) is 3.63. The molecule has 1 aromatic carbocycles. The Hall–Kier alpha value is -2.55. The van der Waals surface area contributed by atoms with Crippen molar-refractivity contribution in [2.24, 2.45) is 0 Å². The van der Waals surface area contributed by atoms with Gasteiger partial charge >= 0.3 is 0 Å². The molecule has 0 aliphatic rings. The Morgan fingerprint density at radius 3 is 2.78 bits per heavy atom. The lowest BCUT2D eigenvalue weighted by Gasteiger charge is -2.07. The molecule has 0 atom stereocenters. The van der Waals surface area contributed by atoms with E-state index >= 15 is 0 Å². The molecule has 1 heterocycles. The molecular weight excluding hydrogens is 335 g/mol. The lowest BCUT2D eigenvalue weighted by molar-refractivity contribution is -0.112. The zero-order chi connectivity index (χ0) is 16.8. The number of carbonyl (C=O) groups excluding carboxylic acids is 1. The summed E-state index contributed by atoms with van der Waals surface area (Å²) in [6, 6.07) is 10.3. The van der Waals surface area contributed by atoms with Gasteiger partial charge in [0.2, 0.25) is 0 Å². The van der Waals surface area contributed by atoms with E-state index in [0.29, 0.717) is 16.4 Å². The fourth-order valence-electron chi connectivity index (χ4n) is 1.66. The van der Waals surface area contributed by atoms with Crippen LogP contribution in [0.5, 0.6) is 0 Å². The van der Waals surface area contributed by atoms with Crippen molar-refractivity contribution in [2.75, 3.05) is 10.6 Å². The van der Waals surface area contributed by atoms with E-state index in [-0.39, 0.29) is 10.7 Å². The molecular formula is C16H12Cl2N4O. The summed E-state index contributed by atoms with van der Waals surface area (Å²) in [5.74, 6) is -0.556. The van der Waals surface area contributed by atoms with E-state index in [4.69, 9.17) is 28.5 Å². The first-order valence-electron chi connectivity index (χ1n) is 6.56. The molecule has 0 spiro atoms. The predicted molar refractivity (Wildman–Crippen MR) is 91.4 cm³/mol. The first-order chi connectivity index (χ1) is 11.0. The molecule has 0 bridgehead atoms. The standard InChI is InChI=1S/C16H12Cl2N4O/c1-10-4-5-12(7-13(10)17)22-16(23)11(8-19)9-21-14-3-2-6-20-15(14)18/h2-7,9,21H,1H3,(H,22,23)/b11-9-. The average molecular weight is 347 g/mol. The van der Waals surface area contributed by atoms with E-state index in [2.05, 4.69) is 15.6 Å². The highest BCUT2D eigenvalue weighted by atomic mass is 35.5. The number of anilines is 2. The van der Waals surface area contributed by atoms with Gasteiger partial charge in [0, 0.05) is 23.1 Å². The van der Waals surface area contributed by atoms with Crippen LogP contribution in [0.1, 0.15) is 5.56 Å². The number of rotatable bonds is 4. The first kappa shape index (κ1) is 16.8. The van der Waals surface area contributed by atoms with Crippen LogP contribution in [-0.4, -0.2) is 10.9 Å². The van der Waals surface area contributed by atoms with Crippen molar-refractivity contribution >= 4 is 40.5 Å². The van der Waals surface area contributed by atoms with Crippen LogP contribution in [0, 0.1) is 18.3 Å². The van der Waals surface area contributed by atoms with Gasteiger partial charge in [-0.15, -0.1) is 0 Å². The van der Waals surface area contributed by atoms with Crippen LogP contribution in [0.2, 0.25) is 10.2 Å². The normalized spacial score (nSPS) is 10.8. The van der Waals surface area contributed by atoms with Gasteiger partial charge in [0.1, 0.15) is 11.6 Å². The maximum Gasteiger partial charge on any atom is 0.267 e. The third-order valence-electron chi connectivity index (χ3n) is 2.93. The van der Waals surface area contributed by atoms with Gasteiger partial charge < -0.3 is 10.6 Å². The number of amides is 1. The summed E-state index contributed by atoms with van der Waals surface area (Å²) in [6.45, 7) is 1.86. The van der Waals surface area contributed by atoms with Gasteiger partial charge in [-0.25, -0.2) is 4.98 Å². The van der Waals surface area contributed by atoms with Crippen molar-refractivity contribution in [3.8, 4) is 6.07 Å². The van der Waals surface area contributed by atoms with Crippen molar-refractivity contribution in [3.05, 3.63) is 64.0 Å². The van der Waals surface area contributed by atoms with Gasteiger partial charge in [-0.3, -0.25) is 4.79 Å². The SMILES string of the molecule is Cc1ccc(NC(=O)/C(C#N)=C\Nc2cccnc2Cl)cc1Cl. The largest absolute Gasteiger partial charge is 0.358 e. The Morgan fingerprint density at radius 1 is 1.35 bits per heavy atom. The Labute approximate surface area is 143 Å². The highest BCUT2D eigenvalue weighted by Gasteiger charge is 2.10. The molecule has 0 saturated heterocycles. The van der Waals surface area contributed by atoms with Gasteiger partial charge in [0.05, 0.1) is 5.69 Å². The number of aromatic nitrogens is 1. The van der Waals surface area contributed by atoms with E-state index in [1.54, 1.807) is 30.3 Å². The smallest absolute Gasteiger partial charge is 0.267 e. The van der Waals surface area contributed by atoms with E-state index in [1.165, 1.54) is 12.4 Å². The molecule has 0 saturated carbocycles. The molecule has 0 fully saturated rings. The molecule has 0 radical (unpaired) electrons. The number of benzene rings is 1. The minimum Gasteiger partial charge on any atom is -0.358 e. The second-order valence-corrected chi connectivity index (χ2v) is 5.34. The molecule has 1 aromatic heterocycles. The maximum absolute atomic E-state index is 12.1. The minimum atomic E-state index is -0.556. The summed E-state index contributed by atoms with van der Waals surface area (Å²) < 4.78 is 0. The van der Waals surface area contributed by atoms with Crippen LogP contribution in [0.25, 0.3) is 0 Å². The number of aryl methyl sites for hydroxylation is 1. The number of nitrogens with one attached hydrogen (secondary N) is 2. The molecule has 116 valence electrons. The van der Waals surface area contributed by atoms with E-state index in [1.807, 2.05) is 13.0 Å². The summed E-state index contributed by atoms with van der Waals surface area (Å²) in [5, 5.41) is 15.3. The zero-order valence-corrected chi connectivity index (χ0v) is 13.6. The van der Waals surface area contributed by atoms with Gasteiger partial charge in [0.25, 0.3) is 5.91 Å². The molecule has 23 heavy (non-hydrogen) atoms. The second kappa shape index (κ2) is 7.63. The van der Waals surface area contributed by atoms with Crippen molar-refractivity contribution in [1.29, 1.82) is 5.26 Å². The van der Waals surface area contributed by atoms with Crippen LogP contribution < -0.4 is 10.6 Å². The molecule has 1 amide bonds. The lowest BCUT2D eigenvalue weighted by Crippen LogP contribution is -2.14. The third kappa shape index (κ3) is 4.46. The summed E-state index contributed by atoms with van der Waals surface area (Å²) >= 11 is 11.9. The Balaban J connectivity index is 2.12. The molecule has 7 heteroatoms. The van der Waals surface area contributed by atoms with Crippen molar-refractivity contribution < 1.29 is 4.79 Å². The average Bonchev–Trinajstić information content (AvgIpc) is 2.53. The van der Waals surface area contributed by atoms with E-state index < -0.39 is 5.91 Å². The van der Waals surface area contributed by atoms with Crippen molar-refractivity contribution in [3.63, 3.8) is 0 Å². The van der Waals surface area contributed by atoms with E-state index in [9.17, 15) is 4.79 Å². The number of hydrogen-bond acceptors (Lipinski definition) is 4. The van der Waals surface area contributed by atoms with Crippen LogP contribution in [0.15, 0.2) is 48.3 Å². The number of pyridine rings is 1. The molecule has 0 aliphatic heterocycles. The van der Waals surface area contributed by atoms with Crippen LogP contribution in [0.3, 0.4) is 0 Å². The quantitative estimate of drug-likeness (QED) is 0.495.